The van der Waals surface area contributed by atoms with Crippen LogP contribution >= 0.6 is 0 Å². The van der Waals surface area contributed by atoms with Gasteiger partial charge in [0.1, 0.15) is 25.3 Å². The van der Waals surface area contributed by atoms with Gasteiger partial charge in [0.2, 0.25) is 0 Å². The zero-order valence-electron chi connectivity index (χ0n) is 29.4. The van der Waals surface area contributed by atoms with E-state index in [4.69, 9.17) is 9.78 Å². The molecule has 1 atom stereocenters. The van der Waals surface area contributed by atoms with Gasteiger partial charge in [-0.25, -0.2) is 29.3 Å². The lowest BCUT2D eigenvalue weighted by atomic mass is 9.92. The Bertz CT molecular complexity index is 1980. The van der Waals surface area contributed by atoms with E-state index in [1.54, 1.807) is 49.1 Å². The van der Waals surface area contributed by atoms with Gasteiger partial charge < -0.3 is 9.42 Å². The van der Waals surface area contributed by atoms with Gasteiger partial charge in [0.15, 0.2) is 40.7 Å². The van der Waals surface area contributed by atoms with Crippen LogP contribution in [0.1, 0.15) is 95.8 Å². The van der Waals surface area contributed by atoms with Crippen LogP contribution in [0.4, 0.5) is 0 Å². The first kappa shape index (κ1) is 36.5. The number of rotatable bonds is 12. The van der Waals surface area contributed by atoms with Crippen molar-refractivity contribution >= 4 is 17.3 Å². The average Bonchev–Trinajstić information content (AvgIpc) is 3.97. The minimum absolute atomic E-state index is 0.0988. The number of hydrogen-bond donors (Lipinski definition) is 0. The Morgan fingerprint density at radius 3 is 1.80 bits per heavy atom. The van der Waals surface area contributed by atoms with Crippen molar-refractivity contribution in [2.45, 2.75) is 66.2 Å². The Labute approximate surface area is 295 Å². The highest BCUT2D eigenvalue weighted by Gasteiger charge is 2.39. The number of hydrogen-bond acceptors (Lipinski definition) is 13. The van der Waals surface area contributed by atoms with Crippen LogP contribution in [-0.2, 0) is 4.79 Å². The van der Waals surface area contributed by atoms with Gasteiger partial charge in [-0.15, -0.1) is 0 Å². The molecule has 15 nitrogen and oxygen atoms in total. The largest absolute Gasteiger partial charge is 0.360 e. The maximum absolute atomic E-state index is 12.7. The first-order valence-electron chi connectivity index (χ1n) is 17.0. The molecule has 0 aromatic carbocycles. The quantitative estimate of drug-likeness (QED) is 0.129. The van der Waals surface area contributed by atoms with E-state index < -0.39 is 11.7 Å². The summed E-state index contributed by atoms with van der Waals surface area (Å²) in [6.07, 6.45) is 11.0. The highest BCUT2D eigenvalue weighted by Crippen LogP contribution is 2.42. The topological polar surface area (TPSA) is 191 Å². The molecule has 5 aromatic rings. The molecule has 0 amide bonds. The molecule has 15 heteroatoms. The van der Waals surface area contributed by atoms with Crippen LogP contribution in [0.25, 0.3) is 11.6 Å². The average molecular weight is 692 g/mol. The molecule has 0 saturated heterocycles. The second-order valence-electron chi connectivity index (χ2n) is 12.2. The molecule has 2 saturated carbocycles. The molecule has 264 valence electrons. The standard InChI is InChI=1S/2C15H13N5O2.C6H15N/c1-9-11(4-5-13(19-9)20-8-16-7-17-20)14(21)12-6-18-22-15(12)10-2-3-10;1-9-11(4-5-13(19-9)20-8-17-7-18-20)15(22)12(6-16)14(21)10-2-3-10;1-4-7(5-2)6-3/h4-8,10H,2-3H2,1H3;4-5,7-8,10,12H,2-3H2,1H3;4-6H2,1-3H3. The second-order valence-corrected chi connectivity index (χ2v) is 12.2. The van der Waals surface area contributed by atoms with Gasteiger partial charge in [0, 0.05) is 23.0 Å². The molecule has 0 spiro atoms. The Morgan fingerprint density at radius 1 is 0.843 bits per heavy atom. The van der Waals surface area contributed by atoms with Crippen LogP contribution in [0.2, 0.25) is 0 Å². The molecule has 5 aromatic heterocycles. The van der Waals surface area contributed by atoms with Gasteiger partial charge >= 0.3 is 0 Å². The third-order valence-electron chi connectivity index (χ3n) is 8.75. The molecule has 5 heterocycles. The van der Waals surface area contributed by atoms with E-state index in [1.165, 1.54) is 49.5 Å². The molecule has 0 N–H and O–H groups in total. The summed E-state index contributed by atoms with van der Waals surface area (Å²) in [4.78, 5) is 56.0. The van der Waals surface area contributed by atoms with Gasteiger partial charge in [-0.3, -0.25) is 14.4 Å². The fourth-order valence-corrected chi connectivity index (χ4v) is 5.39. The predicted molar refractivity (Wildman–Crippen MR) is 184 cm³/mol. The third-order valence-corrected chi connectivity index (χ3v) is 8.75. The Kier molecular flexibility index (Phi) is 12.0. The summed E-state index contributed by atoms with van der Waals surface area (Å²) >= 11 is 0. The molecule has 2 aliphatic carbocycles. The van der Waals surface area contributed by atoms with Crippen molar-refractivity contribution < 1.29 is 18.9 Å². The maximum Gasteiger partial charge on any atom is 0.200 e. The van der Waals surface area contributed by atoms with Crippen LogP contribution in [0.3, 0.4) is 0 Å². The molecule has 2 aliphatic rings. The minimum atomic E-state index is -1.23. The van der Waals surface area contributed by atoms with E-state index in [2.05, 4.69) is 61.0 Å². The number of nitrogens with zero attached hydrogens (tertiary/aromatic N) is 11. The highest BCUT2D eigenvalue weighted by atomic mass is 16.5. The molecule has 1 unspecified atom stereocenters. The van der Waals surface area contributed by atoms with Crippen LogP contribution < -0.4 is 0 Å². The zero-order valence-corrected chi connectivity index (χ0v) is 29.4. The Morgan fingerprint density at radius 2 is 1.39 bits per heavy atom. The Balaban J connectivity index is 0.000000167. The van der Waals surface area contributed by atoms with Crippen molar-refractivity contribution in [2.24, 2.45) is 11.8 Å². The zero-order chi connectivity index (χ0) is 36.5. The number of nitriles is 1. The molecular weight excluding hydrogens is 650 g/mol. The number of aryl methyl sites for hydroxylation is 2. The van der Waals surface area contributed by atoms with E-state index in [-0.39, 0.29) is 17.5 Å². The smallest absolute Gasteiger partial charge is 0.200 e. The maximum atomic E-state index is 12.7. The summed E-state index contributed by atoms with van der Waals surface area (Å²) in [5.41, 5.74) is 2.49. The van der Waals surface area contributed by atoms with Crippen LogP contribution in [0, 0.1) is 37.0 Å². The second kappa shape index (κ2) is 16.8. The van der Waals surface area contributed by atoms with Crippen LogP contribution in [0.5, 0.6) is 0 Å². The van der Waals surface area contributed by atoms with Crippen molar-refractivity contribution in [3.05, 3.63) is 89.6 Å². The van der Waals surface area contributed by atoms with E-state index in [0.717, 1.165) is 25.7 Å². The summed E-state index contributed by atoms with van der Waals surface area (Å²) in [6.45, 7) is 13.6. The van der Waals surface area contributed by atoms with Gasteiger partial charge in [-0.1, -0.05) is 25.9 Å². The van der Waals surface area contributed by atoms with Gasteiger partial charge in [-0.05, 0) is 83.4 Å². The van der Waals surface area contributed by atoms with E-state index in [9.17, 15) is 14.4 Å². The molecular formula is C36H41N11O4. The summed E-state index contributed by atoms with van der Waals surface area (Å²) < 4.78 is 8.26. The molecule has 0 bridgehead atoms. The number of aromatic nitrogens is 9. The number of carbonyl (C=O) groups excluding carboxylic acids is 3. The van der Waals surface area contributed by atoms with Crippen molar-refractivity contribution in [1.29, 1.82) is 5.26 Å². The monoisotopic (exact) mass is 691 g/mol. The summed E-state index contributed by atoms with van der Waals surface area (Å²) in [7, 11) is 0. The van der Waals surface area contributed by atoms with Crippen LogP contribution in [-0.4, -0.2) is 86.5 Å². The van der Waals surface area contributed by atoms with Crippen molar-refractivity contribution in [1.82, 2.24) is 49.6 Å². The van der Waals surface area contributed by atoms with E-state index in [0.29, 0.717) is 51.4 Å². The SMILES string of the molecule is CCN(CC)CC.Cc1nc(-n2cncn2)ccc1C(=O)C(C#N)C(=O)C1CC1.Cc1nc(-n2cncn2)ccc1C(=O)c1cnoc1C1CC1. The Hall–Kier alpha value is -5.75. The van der Waals surface area contributed by atoms with Crippen molar-refractivity contribution in [2.75, 3.05) is 19.6 Å². The first-order valence-corrected chi connectivity index (χ1v) is 17.0. The molecule has 2 fully saturated rings. The summed E-state index contributed by atoms with van der Waals surface area (Å²) in [5.74, 6) is -0.0247. The lowest BCUT2D eigenvalue weighted by Gasteiger charge is -2.13. The minimum Gasteiger partial charge on any atom is -0.360 e. The van der Waals surface area contributed by atoms with Gasteiger partial charge in [0.05, 0.1) is 29.2 Å². The van der Waals surface area contributed by atoms with Crippen LogP contribution in [0.15, 0.2) is 60.3 Å². The predicted octanol–water partition coefficient (Wildman–Crippen LogP) is 4.69. The molecule has 0 radical (unpaired) electrons. The molecule has 51 heavy (non-hydrogen) atoms. The van der Waals surface area contributed by atoms with Gasteiger partial charge in [0.25, 0.3) is 0 Å². The fraction of sp³-hybridized carbons (Fsp3) is 0.417. The number of pyridine rings is 2. The highest BCUT2D eigenvalue weighted by molar-refractivity contribution is 6.14. The fourth-order valence-electron chi connectivity index (χ4n) is 5.39. The lowest BCUT2D eigenvalue weighted by Crippen LogP contribution is -2.25. The normalized spacial score (nSPS) is 14.1. The summed E-state index contributed by atoms with van der Waals surface area (Å²) in [6, 6.07) is 8.53. The summed E-state index contributed by atoms with van der Waals surface area (Å²) in [5, 5.41) is 20.9. The van der Waals surface area contributed by atoms with Gasteiger partial charge in [-0.2, -0.15) is 15.5 Å². The number of ketones is 3. The third kappa shape index (κ3) is 8.89. The first-order chi connectivity index (χ1) is 24.7. The molecule has 7 rings (SSSR count). The van der Waals surface area contributed by atoms with E-state index in [1.807, 2.05) is 6.07 Å². The van der Waals surface area contributed by atoms with Crippen molar-refractivity contribution in [3.63, 3.8) is 0 Å². The molecule has 0 aliphatic heterocycles. The van der Waals surface area contributed by atoms with E-state index >= 15 is 0 Å². The number of Topliss-reactive ketones (excluding diaryl/α,β-unsaturated/α-hetero) is 2. The number of carbonyl (C=O) groups is 3. The lowest BCUT2D eigenvalue weighted by molar-refractivity contribution is -0.121. The van der Waals surface area contributed by atoms with Crippen molar-refractivity contribution in [3.8, 4) is 17.7 Å².